The monoisotopic (exact) mass is 243 g/mol. The van der Waals surface area contributed by atoms with E-state index in [4.69, 9.17) is 9.47 Å². The number of nitrogens with one attached hydrogen (secondary N) is 1. The Kier molecular flexibility index (Phi) is 3.98. The predicted octanol–water partition coefficient (Wildman–Crippen LogP) is 0.982. The number of aliphatic hydroxyl groups excluding tert-OH is 1. The number of hydrogen-bond acceptors (Lipinski definition) is 5. The molecule has 1 aliphatic rings. The van der Waals surface area contributed by atoms with Gasteiger partial charge in [0.05, 0.1) is 0 Å². The van der Waals surface area contributed by atoms with Crippen molar-refractivity contribution in [3.05, 3.63) is 11.5 Å². The summed E-state index contributed by atoms with van der Waals surface area (Å²) in [6.07, 6.45) is 1.71. The number of ether oxygens (including phenoxy) is 2. The van der Waals surface area contributed by atoms with Gasteiger partial charge in [0.2, 0.25) is 5.57 Å². The highest BCUT2D eigenvalue weighted by Crippen LogP contribution is 2.24. The number of unbranched alkanes of at least 4 members (excludes halogenated alkanes) is 1. The molecule has 0 saturated carbocycles. The minimum absolute atomic E-state index is 0.433. The van der Waals surface area contributed by atoms with E-state index < -0.39 is 29.2 Å². The Hall–Kier alpha value is -1.72. The van der Waals surface area contributed by atoms with E-state index in [0.29, 0.717) is 6.54 Å². The zero-order valence-electron chi connectivity index (χ0n) is 10.2. The van der Waals surface area contributed by atoms with E-state index in [0.717, 1.165) is 12.8 Å². The van der Waals surface area contributed by atoms with Crippen molar-refractivity contribution < 1.29 is 24.2 Å². The molecule has 0 unspecified atom stereocenters. The number of amides is 1. The summed E-state index contributed by atoms with van der Waals surface area (Å²) in [6.45, 7) is 5.34. The van der Waals surface area contributed by atoms with Crippen LogP contribution in [0.2, 0.25) is 0 Å². The second-order valence-electron chi connectivity index (χ2n) is 4.18. The quantitative estimate of drug-likeness (QED) is 0.437. The molecule has 1 rings (SSSR count). The second kappa shape index (κ2) is 5.07. The third kappa shape index (κ3) is 3.37. The largest absolute Gasteiger partial charge is 0.480 e. The van der Waals surface area contributed by atoms with Crippen LogP contribution < -0.4 is 5.32 Å². The molecule has 0 spiro atoms. The van der Waals surface area contributed by atoms with Crippen LogP contribution in [0.1, 0.15) is 33.6 Å². The Bertz CT molecular complexity index is 359. The van der Waals surface area contributed by atoms with E-state index in [2.05, 4.69) is 5.32 Å². The molecule has 6 nitrogen and oxygen atoms in total. The minimum atomic E-state index is -1.26. The van der Waals surface area contributed by atoms with Crippen LogP contribution in [-0.4, -0.2) is 29.3 Å². The first-order valence-corrected chi connectivity index (χ1v) is 5.51. The predicted molar refractivity (Wildman–Crippen MR) is 58.8 cm³/mol. The summed E-state index contributed by atoms with van der Waals surface area (Å²) in [5, 5.41) is 12.0. The molecule has 0 aromatic rings. The van der Waals surface area contributed by atoms with Crippen molar-refractivity contribution in [1.82, 2.24) is 5.32 Å². The van der Waals surface area contributed by atoms with Crippen LogP contribution in [0.15, 0.2) is 11.5 Å². The Labute approximate surface area is 99.6 Å². The average molecular weight is 243 g/mol. The molecule has 0 aromatic heterocycles. The molecule has 0 saturated heterocycles. The molecule has 0 bridgehead atoms. The maximum absolute atomic E-state index is 11.6. The summed E-state index contributed by atoms with van der Waals surface area (Å²) in [5.74, 6) is -3.52. The maximum Gasteiger partial charge on any atom is 0.354 e. The van der Waals surface area contributed by atoms with Crippen LogP contribution in [0.5, 0.6) is 0 Å². The van der Waals surface area contributed by atoms with Gasteiger partial charge in [-0.2, -0.15) is 0 Å². The lowest BCUT2D eigenvalue weighted by Crippen LogP contribution is -2.41. The van der Waals surface area contributed by atoms with E-state index in [1.807, 2.05) is 6.92 Å². The molecule has 1 amide bonds. The van der Waals surface area contributed by atoms with Crippen molar-refractivity contribution in [1.29, 1.82) is 0 Å². The van der Waals surface area contributed by atoms with Crippen molar-refractivity contribution in [3.8, 4) is 0 Å². The molecule has 0 fully saturated rings. The van der Waals surface area contributed by atoms with E-state index in [9.17, 15) is 14.7 Å². The lowest BCUT2D eigenvalue weighted by molar-refractivity contribution is -0.221. The minimum Gasteiger partial charge on any atom is -0.480 e. The zero-order valence-corrected chi connectivity index (χ0v) is 10.2. The van der Waals surface area contributed by atoms with Crippen molar-refractivity contribution >= 4 is 11.9 Å². The number of carbonyl (C=O) groups excluding carboxylic acids is 2. The fourth-order valence-electron chi connectivity index (χ4n) is 1.32. The lowest BCUT2D eigenvalue weighted by atomic mass is 10.2. The fraction of sp³-hybridized carbons (Fsp3) is 0.636. The second-order valence-corrected chi connectivity index (χ2v) is 4.18. The van der Waals surface area contributed by atoms with Gasteiger partial charge in [-0.15, -0.1) is 0 Å². The van der Waals surface area contributed by atoms with Crippen molar-refractivity contribution in [3.63, 3.8) is 0 Å². The third-order valence-electron chi connectivity index (χ3n) is 2.14. The standard InChI is InChI=1S/C11H17NO5/c1-4-5-6-12-8(13)7-9(14)16-11(2,3)17-10(7)15/h14H,4-6H2,1-3H3,(H,12,13). The van der Waals surface area contributed by atoms with Crippen molar-refractivity contribution in [2.24, 2.45) is 0 Å². The van der Waals surface area contributed by atoms with E-state index in [1.54, 1.807) is 0 Å². The van der Waals surface area contributed by atoms with Gasteiger partial charge in [-0.3, -0.25) is 4.79 Å². The summed E-state index contributed by atoms with van der Waals surface area (Å²) in [6, 6.07) is 0. The Balaban J connectivity index is 2.75. The van der Waals surface area contributed by atoms with Crippen molar-refractivity contribution in [2.45, 2.75) is 39.4 Å². The number of esters is 1. The van der Waals surface area contributed by atoms with Gasteiger partial charge in [0, 0.05) is 20.4 Å². The van der Waals surface area contributed by atoms with Crippen LogP contribution in [-0.2, 0) is 19.1 Å². The van der Waals surface area contributed by atoms with E-state index in [1.165, 1.54) is 13.8 Å². The number of aliphatic hydroxyl groups is 1. The van der Waals surface area contributed by atoms with Gasteiger partial charge >= 0.3 is 11.9 Å². The smallest absolute Gasteiger partial charge is 0.354 e. The highest BCUT2D eigenvalue weighted by Gasteiger charge is 2.39. The molecule has 0 aliphatic carbocycles. The fourth-order valence-corrected chi connectivity index (χ4v) is 1.32. The molecule has 17 heavy (non-hydrogen) atoms. The Morgan fingerprint density at radius 3 is 2.59 bits per heavy atom. The SMILES string of the molecule is CCCCNC(=O)C1=C(O)OC(C)(C)OC1=O. The molecule has 6 heteroatoms. The third-order valence-corrected chi connectivity index (χ3v) is 2.14. The number of rotatable bonds is 4. The van der Waals surface area contributed by atoms with Crippen LogP contribution in [0, 0.1) is 0 Å². The van der Waals surface area contributed by atoms with Crippen LogP contribution in [0.4, 0.5) is 0 Å². The molecule has 0 radical (unpaired) electrons. The molecule has 2 N–H and O–H groups in total. The van der Waals surface area contributed by atoms with Gasteiger partial charge in [0.15, 0.2) is 0 Å². The van der Waals surface area contributed by atoms with Crippen LogP contribution in [0.25, 0.3) is 0 Å². The normalized spacial score (nSPS) is 18.4. The van der Waals surface area contributed by atoms with E-state index in [-0.39, 0.29) is 0 Å². The van der Waals surface area contributed by atoms with Crippen molar-refractivity contribution in [2.75, 3.05) is 6.54 Å². The van der Waals surface area contributed by atoms with Crippen LogP contribution >= 0.6 is 0 Å². The highest BCUT2D eigenvalue weighted by atomic mass is 16.8. The van der Waals surface area contributed by atoms with Gasteiger partial charge in [-0.05, 0) is 6.42 Å². The van der Waals surface area contributed by atoms with Crippen LogP contribution in [0.3, 0.4) is 0 Å². The number of carbonyl (C=O) groups is 2. The Morgan fingerprint density at radius 1 is 1.41 bits per heavy atom. The molecule has 1 heterocycles. The first-order valence-electron chi connectivity index (χ1n) is 5.51. The topological polar surface area (TPSA) is 84.9 Å². The summed E-state index contributed by atoms with van der Waals surface area (Å²) in [7, 11) is 0. The molecule has 96 valence electrons. The number of cyclic esters (lactones) is 1. The summed E-state index contributed by atoms with van der Waals surface area (Å²) in [4.78, 5) is 23.1. The van der Waals surface area contributed by atoms with Gasteiger partial charge in [0.25, 0.3) is 11.7 Å². The molecular formula is C11H17NO5. The first kappa shape index (κ1) is 13.3. The van der Waals surface area contributed by atoms with Gasteiger partial charge < -0.3 is 19.9 Å². The number of hydrogen-bond donors (Lipinski definition) is 2. The maximum atomic E-state index is 11.6. The Morgan fingerprint density at radius 2 is 2.06 bits per heavy atom. The van der Waals surface area contributed by atoms with Gasteiger partial charge in [0.1, 0.15) is 0 Å². The van der Waals surface area contributed by atoms with Gasteiger partial charge in [-0.1, -0.05) is 13.3 Å². The first-order chi connectivity index (χ1) is 7.87. The average Bonchev–Trinajstić information content (AvgIpc) is 2.14. The molecular weight excluding hydrogens is 226 g/mol. The molecule has 0 aromatic carbocycles. The van der Waals surface area contributed by atoms with Gasteiger partial charge in [-0.25, -0.2) is 4.79 Å². The zero-order chi connectivity index (χ0) is 13.1. The lowest BCUT2D eigenvalue weighted by Gasteiger charge is -2.30. The summed E-state index contributed by atoms with van der Waals surface area (Å²) in [5.41, 5.74) is -0.486. The summed E-state index contributed by atoms with van der Waals surface area (Å²) >= 11 is 0. The highest BCUT2D eigenvalue weighted by molar-refractivity contribution is 6.16. The van der Waals surface area contributed by atoms with E-state index >= 15 is 0 Å². The molecule has 1 aliphatic heterocycles. The molecule has 0 atom stereocenters. The summed E-state index contributed by atoms with van der Waals surface area (Å²) < 4.78 is 9.76.